The molecule has 10 heteroatoms. The summed E-state index contributed by atoms with van der Waals surface area (Å²) in [6, 6.07) is 5.94. The Kier molecular flexibility index (Phi) is 5.25. The van der Waals surface area contributed by atoms with E-state index in [2.05, 4.69) is 49.0 Å². The number of hydrogen-bond donors (Lipinski definition) is 3. The minimum atomic E-state index is 0.608. The molecule has 178 valence electrons. The number of rotatable bonds is 7. The van der Waals surface area contributed by atoms with Gasteiger partial charge in [-0.05, 0) is 31.5 Å². The van der Waals surface area contributed by atoms with E-state index < -0.39 is 0 Å². The van der Waals surface area contributed by atoms with Crippen LogP contribution in [0.2, 0.25) is 0 Å². The van der Waals surface area contributed by atoms with Crippen molar-refractivity contribution in [3.05, 3.63) is 73.5 Å². The summed E-state index contributed by atoms with van der Waals surface area (Å²) in [6.45, 7) is 8.15. The molecule has 36 heavy (non-hydrogen) atoms. The molecule has 0 aliphatic carbocycles. The van der Waals surface area contributed by atoms with Crippen molar-refractivity contribution in [3.8, 4) is 28.5 Å². The molecule has 0 bridgehead atoms. The molecule has 0 saturated carbocycles. The molecule has 6 aromatic heterocycles. The summed E-state index contributed by atoms with van der Waals surface area (Å²) in [5.74, 6) is 0.608. The third-order valence-electron chi connectivity index (χ3n) is 5.90. The third-order valence-corrected chi connectivity index (χ3v) is 5.90. The van der Waals surface area contributed by atoms with Crippen LogP contribution in [0, 0.1) is 6.92 Å². The Balaban J connectivity index is 1.40. The zero-order chi connectivity index (χ0) is 24.6. The molecule has 6 aromatic rings. The molecular formula is C26H24N10. The Morgan fingerprint density at radius 2 is 1.94 bits per heavy atom. The van der Waals surface area contributed by atoms with Crippen molar-refractivity contribution in [3.63, 3.8) is 0 Å². The van der Waals surface area contributed by atoms with E-state index in [4.69, 9.17) is 9.97 Å². The molecule has 6 rings (SSSR count). The second kappa shape index (κ2) is 8.73. The van der Waals surface area contributed by atoms with Crippen LogP contribution in [0.25, 0.3) is 50.5 Å². The highest BCUT2D eigenvalue weighted by molar-refractivity contribution is 5.92. The first kappa shape index (κ1) is 21.7. The fourth-order valence-corrected chi connectivity index (χ4v) is 4.21. The lowest BCUT2D eigenvalue weighted by molar-refractivity contribution is 0.913. The topological polar surface area (TPSA) is 126 Å². The zero-order valence-electron chi connectivity index (χ0n) is 19.9. The Morgan fingerprint density at radius 3 is 2.78 bits per heavy atom. The second-order valence-corrected chi connectivity index (χ2v) is 8.67. The number of nitrogens with one attached hydrogen (secondary N) is 3. The van der Waals surface area contributed by atoms with E-state index in [0.29, 0.717) is 17.0 Å². The van der Waals surface area contributed by atoms with Gasteiger partial charge in [0.05, 0.1) is 58.7 Å². The van der Waals surface area contributed by atoms with Crippen molar-refractivity contribution < 1.29 is 0 Å². The summed E-state index contributed by atoms with van der Waals surface area (Å²) < 4.78 is 1.91. The van der Waals surface area contributed by atoms with Crippen molar-refractivity contribution >= 4 is 27.8 Å². The van der Waals surface area contributed by atoms with Crippen LogP contribution in [0.4, 0.5) is 5.69 Å². The van der Waals surface area contributed by atoms with E-state index in [1.807, 2.05) is 35.9 Å². The van der Waals surface area contributed by atoms with E-state index >= 15 is 0 Å². The average molecular weight is 477 g/mol. The molecule has 0 spiro atoms. The van der Waals surface area contributed by atoms with E-state index in [-0.39, 0.29) is 0 Å². The largest absolute Gasteiger partial charge is 0.358 e. The van der Waals surface area contributed by atoms with Gasteiger partial charge in [0.1, 0.15) is 11.0 Å². The summed E-state index contributed by atoms with van der Waals surface area (Å²) in [7, 11) is 0. The van der Waals surface area contributed by atoms with Crippen LogP contribution in [0.1, 0.15) is 25.5 Å². The molecule has 0 aromatic carbocycles. The number of aromatic nitrogens is 9. The van der Waals surface area contributed by atoms with Crippen LogP contribution in [0.3, 0.4) is 0 Å². The highest BCUT2D eigenvalue weighted by Gasteiger charge is 2.17. The minimum Gasteiger partial charge on any atom is -0.358 e. The van der Waals surface area contributed by atoms with Crippen molar-refractivity contribution in [2.75, 3.05) is 5.32 Å². The monoisotopic (exact) mass is 476 g/mol. The number of H-pyrrole nitrogens is 2. The predicted molar refractivity (Wildman–Crippen MR) is 140 cm³/mol. The number of pyridine rings is 3. The van der Waals surface area contributed by atoms with Gasteiger partial charge in [-0.15, -0.1) is 0 Å². The Bertz CT molecular complexity index is 1720. The number of imidazole rings is 2. The molecule has 0 radical (unpaired) electrons. The Morgan fingerprint density at radius 1 is 1.06 bits per heavy atom. The first-order valence-electron chi connectivity index (χ1n) is 11.7. The maximum atomic E-state index is 4.92. The quantitative estimate of drug-likeness (QED) is 0.290. The lowest BCUT2D eigenvalue weighted by atomic mass is 10.1. The van der Waals surface area contributed by atoms with E-state index in [1.54, 1.807) is 31.1 Å². The number of fused-ring (bicyclic) bond motifs is 2. The predicted octanol–water partition coefficient (Wildman–Crippen LogP) is 5.18. The van der Waals surface area contributed by atoms with Crippen molar-refractivity contribution in [1.82, 2.24) is 44.7 Å². The van der Waals surface area contributed by atoms with Crippen LogP contribution in [0.5, 0.6) is 0 Å². The number of allylic oxidation sites excluding steroid dienone is 1. The zero-order valence-corrected chi connectivity index (χ0v) is 19.9. The Labute approximate surface area is 206 Å². The molecule has 3 N–H and O–H groups in total. The molecular weight excluding hydrogens is 452 g/mol. The van der Waals surface area contributed by atoms with Crippen LogP contribution in [-0.2, 0) is 0 Å². The lowest BCUT2D eigenvalue weighted by Gasteiger charge is -2.09. The van der Waals surface area contributed by atoms with Gasteiger partial charge in [0.25, 0.3) is 0 Å². The van der Waals surface area contributed by atoms with Gasteiger partial charge in [-0.1, -0.05) is 19.9 Å². The highest BCUT2D eigenvalue weighted by atomic mass is 15.2. The van der Waals surface area contributed by atoms with Crippen LogP contribution in [0.15, 0.2) is 67.8 Å². The summed E-state index contributed by atoms with van der Waals surface area (Å²) in [4.78, 5) is 26.2. The smallest absolute Gasteiger partial charge is 0.161 e. The fraction of sp³-hybridized carbons (Fsp3) is 0.154. The fourth-order valence-electron chi connectivity index (χ4n) is 4.21. The lowest BCUT2D eigenvalue weighted by Crippen LogP contribution is -1.98. The summed E-state index contributed by atoms with van der Waals surface area (Å²) in [5, 5.41) is 10.9. The molecule has 0 aliphatic rings. The minimum absolute atomic E-state index is 0.608. The van der Waals surface area contributed by atoms with Gasteiger partial charge >= 0.3 is 0 Å². The van der Waals surface area contributed by atoms with Gasteiger partial charge in [0.2, 0.25) is 0 Å². The molecule has 0 atom stereocenters. The van der Waals surface area contributed by atoms with Crippen LogP contribution >= 0.6 is 0 Å². The first-order chi connectivity index (χ1) is 17.6. The van der Waals surface area contributed by atoms with Crippen LogP contribution < -0.4 is 5.32 Å². The number of hydrogen-bond acceptors (Lipinski definition) is 7. The van der Waals surface area contributed by atoms with Gasteiger partial charge < -0.3 is 14.9 Å². The average Bonchev–Trinajstić information content (AvgIpc) is 3.61. The molecule has 0 unspecified atom stereocenters. The van der Waals surface area contributed by atoms with Gasteiger partial charge in [-0.2, -0.15) is 5.10 Å². The summed E-state index contributed by atoms with van der Waals surface area (Å²) >= 11 is 0. The second-order valence-electron chi connectivity index (χ2n) is 8.67. The van der Waals surface area contributed by atoms with Crippen LogP contribution in [-0.4, -0.2) is 44.7 Å². The number of anilines is 1. The Hall–Kier alpha value is -4.86. The number of aromatic amines is 2. The number of aryl methyl sites for hydroxylation is 1. The maximum absolute atomic E-state index is 4.92. The van der Waals surface area contributed by atoms with Crippen molar-refractivity contribution in [2.45, 2.75) is 26.7 Å². The number of nitrogens with zero attached hydrogens (tertiary/aromatic N) is 7. The van der Waals surface area contributed by atoms with Crippen molar-refractivity contribution in [1.29, 1.82) is 0 Å². The SMILES string of the molecule is C=C(CCC)Nc1cncc(-c2ccc3[nH]nc(-c4nc5c(-n6cnc(C)c6)cncc5[nH]4)c3n2)c1. The van der Waals surface area contributed by atoms with E-state index in [1.165, 1.54) is 0 Å². The molecule has 0 aliphatic heterocycles. The maximum Gasteiger partial charge on any atom is 0.161 e. The van der Waals surface area contributed by atoms with Crippen molar-refractivity contribution in [2.24, 2.45) is 0 Å². The molecule has 10 nitrogen and oxygen atoms in total. The van der Waals surface area contributed by atoms with E-state index in [9.17, 15) is 0 Å². The summed E-state index contributed by atoms with van der Waals surface area (Å²) in [6.07, 6.45) is 12.7. The first-order valence-corrected chi connectivity index (χ1v) is 11.7. The van der Waals surface area contributed by atoms with Gasteiger partial charge in [0.15, 0.2) is 11.5 Å². The highest BCUT2D eigenvalue weighted by Crippen LogP contribution is 2.29. The summed E-state index contributed by atoms with van der Waals surface area (Å²) in [5.41, 5.74) is 9.02. The molecule has 0 saturated heterocycles. The molecule has 6 heterocycles. The van der Waals surface area contributed by atoms with E-state index in [0.717, 1.165) is 63.4 Å². The van der Waals surface area contributed by atoms with Gasteiger partial charge in [-0.3, -0.25) is 15.1 Å². The molecule has 0 fully saturated rings. The third kappa shape index (κ3) is 3.88. The van der Waals surface area contributed by atoms with Gasteiger partial charge in [0, 0.05) is 23.7 Å². The van der Waals surface area contributed by atoms with Gasteiger partial charge in [-0.25, -0.2) is 15.0 Å². The normalized spacial score (nSPS) is 11.4. The standard InChI is InChI=1S/C26H24N10/c1-4-5-15(2)30-18-8-17(9-27-10-18)19-6-7-20-24(31-19)25(35-34-20)26-32-21-11-28-12-22(23(21)33-26)36-13-16(3)29-14-36/h6-14,30H,2,4-5H2,1,3H3,(H,32,33)(H,34,35). The molecule has 0 amide bonds.